The minimum atomic E-state index is -3.87. The van der Waals surface area contributed by atoms with Crippen molar-refractivity contribution < 1.29 is 12.6 Å². The monoisotopic (exact) mass is 373 g/mol. The molecule has 0 amide bonds. The van der Waals surface area contributed by atoms with Gasteiger partial charge in [-0.1, -0.05) is 67.4 Å². The Kier molecular flexibility index (Phi) is 5.92. The van der Waals surface area contributed by atoms with E-state index < -0.39 is 10.3 Å². The predicted molar refractivity (Wildman–Crippen MR) is 94.4 cm³/mol. The first kappa shape index (κ1) is 18.1. The van der Waals surface area contributed by atoms with E-state index in [4.69, 9.17) is 27.4 Å². The molecule has 0 atom stereocenters. The molecular formula is C16H17Cl2NO3S. The van der Waals surface area contributed by atoms with Crippen molar-refractivity contribution in [2.45, 2.75) is 13.8 Å². The van der Waals surface area contributed by atoms with Crippen LogP contribution in [-0.4, -0.2) is 25.8 Å². The fourth-order valence-electron chi connectivity index (χ4n) is 2.18. The van der Waals surface area contributed by atoms with E-state index in [-0.39, 0.29) is 5.75 Å². The number of rotatable bonds is 6. The van der Waals surface area contributed by atoms with E-state index in [0.29, 0.717) is 34.3 Å². The van der Waals surface area contributed by atoms with Gasteiger partial charge in [-0.15, -0.1) is 0 Å². The standard InChI is InChI=1S/C16H17Cl2NO3S/c1-3-19(4-2)23(20,21)22-15-11-6-5-8-12(15)13-9-7-10-14(17)16(13)18/h5-11H,3-4H2,1-2H3. The summed E-state index contributed by atoms with van der Waals surface area (Å²) in [6, 6.07) is 12.0. The molecule has 0 saturated carbocycles. The number of hydrogen-bond donors (Lipinski definition) is 0. The van der Waals surface area contributed by atoms with Gasteiger partial charge in [-0.3, -0.25) is 0 Å². The summed E-state index contributed by atoms with van der Waals surface area (Å²) in [6.07, 6.45) is 0. The van der Waals surface area contributed by atoms with Crippen molar-refractivity contribution in [1.29, 1.82) is 0 Å². The number of para-hydroxylation sites is 1. The molecule has 0 aromatic heterocycles. The van der Waals surface area contributed by atoms with Crippen LogP contribution in [0.2, 0.25) is 10.0 Å². The molecule has 7 heteroatoms. The molecule has 2 aromatic rings. The van der Waals surface area contributed by atoms with E-state index in [1.54, 1.807) is 56.3 Å². The van der Waals surface area contributed by atoms with Crippen LogP contribution in [0.15, 0.2) is 42.5 Å². The Labute approximate surface area is 146 Å². The van der Waals surface area contributed by atoms with Crippen molar-refractivity contribution in [2.75, 3.05) is 13.1 Å². The Hall–Kier alpha value is -1.27. The van der Waals surface area contributed by atoms with Gasteiger partial charge in [0.25, 0.3) is 0 Å². The molecule has 4 nitrogen and oxygen atoms in total. The van der Waals surface area contributed by atoms with Gasteiger partial charge >= 0.3 is 10.3 Å². The molecule has 0 radical (unpaired) electrons. The van der Waals surface area contributed by atoms with E-state index in [0.717, 1.165) is 0 Å². The fraction of sp³-hybridized carbons (Fsp3) is 0.250. The molecule has 0 fully saturated rings. The van der Waals surface area contributed by atoms with Gasteiger partial charge < -0.3 is 4.18 Å². The van der Waals surface area contributed by atoms with E-state index in [2.05, 4.69) is 0 Å². The van der Waals surface area contributed by atoms with Crippen molar-refractivity contribution in [3.8, 4) is 16.9 Å². The van der Waals surface area contributed by atoms with E-state index in [9.17, 15) is 8.42 Å². The molecule has 0 saturated heterocycles. The molecule has 0 heterocycles. The zero-order valence-corrected chi connectivity index (χ0v) is 15.1. The minimum absolute atomic E-state index is 0.212. The predicted octanol–water partition coefficient (Wildman–Crippen LogP) is 4.63. The van der Waals surface area contributed by atoms with Crippen molar-refractivity contribution in [2.24, 2.45) is 0 Å². The van der Waals surface area contributed by atoms with Crippen LogP contribution in [0, 0.1) is 0 Å². The quantitative estimate of drug-likeness (QED) is 0.741. The van der Waals surface area contributed by atoms with Crippen molar-refractivity contribution in [3.05, 3.63) is 52.5 Å². The summed E-state index contributed by atoms with van der Waals surface area (Å²) in [5.74, 6) is 0.212. The van der Waals surface area contributed by atoms with Crippen LogP contribution < -0.4 is 4.18 Å². The highest BCUT2D eigenvalue weighted by molar-refractivity contribution is 7.84. The molecule has 23 heavy (non-hydrogen) atoms. The third kappa shape index (κ3) is 3.98. The van der Waals surface area contributed by atoms with Crippen molar-refractivity contribution >= 4 is 33.5 Å². The summed E-state index contributed by atoms with van der Waals surface area (Å²) in [6.45, 7) is 4.17. The summed E-state index contributed by atoms with van der Waals surface area (Å²) in [4.78, 5) is 0. The summed E-state index contributed by atoms with van der Waals surface area (Å²) >= 11 is 12.3. The van der Waals surface area contributed by atoms with Gasteiger partial charge in [-0.25, -0.2) is 0 Å². The number of hydrogen-bond acceptors (Lipinski definition) is 3. The SMILES string of the molecule is CCN(CC)S(=O)(=O)Oc1ccccc1-c1cccc(Cl)c1Cl. The first-order chi connectivity index (χ1) is 10.9. The number of halogens is 2. The highest BCUT2D eigenvalue weighted by Crippen LogP contribution is 2.38. The topological polar surface area (TPSA) is 46.6 Å². The summed E-state index contributed by atoms with van der Waals surface area (Å²) in [7, 11) is -3.87. The maximum atomic E-state index is 12.3. The molecule has 0 aliphatic heterocycles. The van der Waals surface area contributed by atoms with Crippen LogP contribution >= 0.6 is 23.2 Å². The molecule has 0 aliphatic rings. The van der Waals surface area contributed by atoms with Crippen molar-refractivity contribution in [1.82, 2.24) is 4.31 Å². The molecule has 0 N–H and O–H groups in total. The largest absolute Gasteiger partial charge is 0.385 e. The molecular weight excluding hydrogens is 357 g/mol. The first-order valence-corrected chi connectivity index (χ1v) is 9.25. The van der Waals surface area contributed by atoms with Crippen LogP contribution in [-0.2, 0) is 10.3 Å². The lowest BCUT2D eigenvalue weighted by atomic mass is 10.0. The zero-order chi connectivity index (χ0) is 17.0. The van der Waals surface area contributed by atoms with Crippen LogP contribution in [0.4, 0.5) is 0 Å². The molecule has 2 aromatic carbocycles. The smallest absolute Gasteiger partial charge is 0.370 e. The summed E-state index contributed by atoms with van der Waals surface area (Å²) in [5, 5.41) is 0.746. The molecule has 2 rings (SSSR count). The lowest BCUT2D eigenvalue weighted by molar-refractivity contribution is 0.376. The average molecular weight is 374 g/mol. The first-order valence-electron chi connectivity index (χ1n) is 7.13. The van der Waals surface area contributed by atoms with Crippen LogP contribution in [0.1, 0.15) is 13.8 Å². The van der Waals surface area contributed by atoms with Gasteiger partial charge in [0.15, 0.2) is 5.75 Å². The normalized spacial score (nSPS) is 11.7. The highest BCUT2D eigenvalue weighted by atomic mass is 35.5. The van der Waals surface area contributed by atoms with Gasteiger partial charge in [0, 0.05) is 24.2 Å². The maximum absolute atomic E-state index is 12.3. The molecule has 0 spiro atoms. The Bertz CT molecular complexity index is 790. The number of nitrogens with zero attached hydrogens (tertiary/aromatic N) is 1. The Morgan fingerprint density at radius 2 is 1.57 bits per heavy atom. The number of benzene rings is 2. The van der Waals surface area contributed by atoms with Crippen LogP contribution in [0.5, 0.6) is 5.75 Å². The average Bonchev–Trinajstić information content (AvgIpc) is 2.51. The van der Waals surface area contributed by atoms with E-state index in [1.165, 1.54) is 4.31 Å². The van der Waals surface area contributed by atoms with Gasteiger partial charge in [-0.05, 0) is 12.1 Å². The van der Waals surface area contributed by atoms with Crippen LogP contribution in [0.3, 0.4) is 0 Å². The third-order valence-corrected chi connectivity index (χ3v) is 5.70. The van der Waals surface area contributed by atoms with Gasteiger partial charge in [-0.2, -0.15) is 12.7 Å². The fourth-order valence-corrected chi connectivity index (χ4v) is 3.69. The summed E-state index contributed by atoms with van der Waals surface area (Å²) in [5.41, 5.74) is 1.18. The molecule has 0 bridgehead atoms. The van der Waals surface area contributed by atoms with Gasteiger partial charge in [0.1, 0.15) is 0 Å². The Balaban J connectivity index is 2.49. The Morgan fingerprint density at radius 1 is 0.957 bits per heavy atom. The second kappa shape index (κ2) is 7.53. The lowest BCUT2D eigenvalue weighted by Gasteiger charge is -2.19. The summed E-state index contributed by atoms with van der Waals surface area (Å²) < 4.78 is 31.2. The second-order valence-electron chi connectivity index (χ2n) is 4.72. The highest BCUT2D eigenvalue weighted by Gasteiger charge is 2.23. The van der Waals surface area contributed by atoms with Crippen LogP contribution in [0.25, 0.3) is 11.1 Å². The van der Waals surface area contributed by atoms with Crippen molar-refractivity contribution in [3.63, 3.8) is 0 Å². The maximum Gasteiger partial charge on any atom is 0.385 e. The lowest BCUT2D eigenvalue weighted by Crippen LogP contribution is -2.34. The zero-order valence-electron chi connectivity index (χ0n) is 12.8. The minimum Gasteiger partial charge on any atom is -0.370 e. The molecule has 0 aliphatic carbocycles. The van der Waals surface area contributed by atoms with E-state index >= 15 is 0 Å². The molecule has 124 valence electrons. The molecule has 0 unspecified atom stereocenters. The van der Waals surface area contributed by atoms with Gasteiger partial charge in [0.05, 0.1) is 10.0 Å². The van der Waals surface area contributed by atoms with E-state index in [1.807, 2.05) is 0 Å². The third-order valence-electron chi connectivity index (χ3n) is 3.35. The second-order valence-corrected chi connectivity index (χ2v) is 7.05. The Morgan fingerprint density at radius 3 is 2.22 bits per heavy atom. The van der Waals surface area contributed by atoms with Gasteiger partial charge in [0.2, 0.25) is 0 Å².